The van der Waals surface area contributed by atoms with E-state index in [0.717, 1.165) is 13.0 Å². The number of likely N-dealkylation sites (N-methyl/N-ethyl adjacent to an activating group) is 1. The summed E-state index contributed by atoms with van der Waals surface area (Å²) < 4.78 is 0. The largest absolute Gasteiger partial charge is 0.481 e. The van der Waals surface area contributed by atoms with Crippen LogP contribution < -0.4 is 0 Å². The van der Waals surface area contributed by atoms with E-state index in [-0.39, 0.29) is 24.7 Å². The summed E-state index contributed by atoms with van der Waals surface area (Å²) in [6, 6.07) is 0. The van der Waals surface area contributed by atoms with Crippen LogP contribution >= 0.6 is 0 Å². The quantitative estimate of drug-likeness (QED) is 0.738. The van der Waals surface area contributed by atoms with Crippen LogP contribution in [0.1, 0.15) is 25.7 Å². The van der Waals surface area contributed by atoms with Gasteiger partial charge in [-0.3, -0.25) is 19.3 Å². The molecule has 0 aromatic carbocycles. The summed E-state index contributed by atoms with van der Waals surface area (Å²) in [5.74, 6) is -0.791. The number of carbonyl (C=O) groups is 3. The van der Waals surface area contributed by atoms with Gasteiger partial charge in [0, 0.05) is 53.1 Å². The Balaban J connectivity index is 2.36. The van der Waals surface area contributed by atoms with Gasteiger partial charge in [-0.15, -0.1) is 0 Å². The van der Waals surface area contributed by atoms with E-state index < -0.39 is 5.97 Å². The number of nitrogens with zero attached hydrogens (tertiary/aromatic N) is 3. The Morgan fingerprint density at radius 2 is 1.76 bits per heavy atom. The molecule has 1 heterocycles. The maximum absolute atomic E-state index is 12.0. The summed E-state index contributed by atoms with van der Waals surface area (Å²) in [5.41, 5.74) is 0. The smallest absolute Gasteiger partial charge is 0.303 e. The van der Waals surface area contributed by atoms with Crippen LogP contribution in [0.15, 0.2) is 0 Å². The van der Waals surface area contributed by atoms with Gasteiger partial charge in [-0.2, -0.15) is 0 Å². The van der Waals surface area contributed by atoms with Gasteiger partial charge in [0.1, 0.15) is 0 Å². The molecule has 1 aliphatic heterocycles. The van der Waals surface area contributed by atoms with Crippen molar-refractivity contribution in [1.29, 1.82) is 0 Å². The topological polar surface area (TPSA) is 81.2 Å². The fourth-order valence-electron chi connectivity index (χ4n) is 2.26. The third kappa shape index (κ3) is 6.57. The molecule has 0 spiro atoms. The second kappa shape index (κ2) is 8.61. The second-order valence-electron chi connectivity index (χ2n) is 5.55. The van der Waals surface area contributed by atoms with Crippen molar-refractivity contribution >= 4 is 17.8 Å². The molecular weight excluding hydrogens is 274 g/mol. The summed E-state index contributed by atoms with van der Waals surface area (Å²) in [7, 11) is 3.47. The van der Waals surface area contributed by atoms with Gasteiger partial charge in [0.15, 0.2) is 0 Å². The molecule has 0 atom stereocenters. The number of rotatable bonds is 6. The van der Waals surface area contributed by atoms with Crippen molar-refractivity contribution in [1.82, 2.24) is 14.7 Å². The molecule has 1 fully saturated rings. The third-order valence-electron chi connectivity index (χ3n) is 3.58. The maximum Gasteiger partial charge on any atom is 0.303 e. The molecule has 0 unspecified atom stereocenters. The number of aliphatic carboxylic acids is 1. The number of hydrogen-bond donors (Lipinski definition) is 1. The standard InChI is InChI=1S/C14H25N3O4/c1-15(2)13(19)11-16-7-4-8-17(10-9-16)12(18)5-3-6-14(20)21/h3-11H2,1-2H3,(H,20,21). The van der Waals surface area contributed by atoms with E-state index in [9.17, 15) is 14.4 Å². The fraction of sp³-hybridized carbons (Fsp3) is 0.786. The zero-order valence-corrected chi connectivity index (χ0v) is 12.9. The van der Waals surface area contributed by atoms with E-state index in [0.29, 0.717) is 32.6 Å². The first-order valence-corrected chi connectivity index (χ1v) is 7.32. The highest BCUT2D eigenvalue weighted by Crippen LogP contribution is 2.07. The van der Waals surface area contributed by atoms with Crippen LogP contribution in [0.25, 0.3) is 0 Å². The van der Waals surface area contributed by atoms with Crippen LogP contribution in [0, 0.1) is 0 Å². The predicted molar refractivity (Wildman–Crippen MR) is 77.8 cm³/mol. The van der Waals surface area contributed by atoms with E-state index in [1.165, 1.54) is 0 Å². The van der Waals surface area contributed by atoms with Crippen molar-refractivity contribution in [3.05, 3.63) is 0 Å². The van der Waals surface area contributed by atoms with Crippen LogP contribution in [-0.4, -0.2) is 84.4 Å². The van der Waals surface area contributed by atoms with Gasteiger partial charge >= 0.3 is 5.97 Å². The Bertz CT molecular complexity index is 384. The van der Waals surface area contributed by atoms with Crippen LogP contribution in [0.4, 0.5) is 0 Å². The highest BCUT2D eigenvalue weighted by atomic mass is 16.4. The highest BCUT2D eigenvalue weighted by Gasteiger charge is 2.20. The Kier molecular flexibility index (Phi) is 7.14. The van der Waals surface area contributed by atoms with Gasteiger partial charge in [0.25, 0.3) is 0 Å². The first-order chi connectivity index (χ1) is 9.90. The molecule has 1 aliphatic rings. The molecule has 21 heavy (non-hydrogen) atoms. The minimum atomic E-state index is -0.868. The van der Waals surface area contributed by atoms with E-state index in [1.54, 1.807) is 23.9 Å². The molecule has 1 rings (SSSR count). The molecular formula is C14H25N3O4. The molecule has 1 saturated heterocycles. The van der Waals surface area contributed by atoms with Crippen LogP contribution in [0.2, 0.25) is 0 Å². The minimum absolute atomic E-state index is 0.0111. The lowest BCUT2D eigenvalue weighted by Gasteiger charge is -2.22. The molecule has 0 aliphatic carbocycles. The molecule has 0 aromatic rings. The third-order valence-corrected chi connectivity index (χ3v) is 3.58. The summed E-state index contributed by atoms with van der Waals surface area (Å²) in [6.07, 6.45) is 1.53. The lowest BCUT2D eigenvalue weighted by molar-refractivity contribution is -0.137. The van der Waals surface area contributed by atoms with E-state index in [4.69, 9.17) is 5.11 Å². The average molecular weight is 299 g/mol. The van der Waals surface area contributed by atoms with Crippen molar-refractivity contribution in [3.8, 4) is 0 Å². The van der Waals surface area contributed by atoms with Gasteiger partial charge in [0.05, 0.1) is 6.54 Å². The predicted octanol–water partition coefficient (Wildman–Crippen LogP) is -0.136. The number of carboxylic acids is 1. The van der Waals surface area contributed by atoms with E-state index in [2.05, 4.69) is 4.90 Å². The first-order valence-electron chi connectivity index (χ1n) is 7.32. The molecule has 0 radical (unpaired) electrons. The second-order valence-corrected chi connectivity index (χ2v) is 5.55. The summed E-state index contributed by atoms with van der Waals surface area (Å²) in [6.45, 7) is 3.15. The van der Waals surface area contributed by atoms with Gasteiger partial charge in [-0.1, -0.05) is 0 Å². The Morgan fingerprint density at radius 1 is 1.05 bits per heavy atom. The van der Waals surface area contributed by atoms with Crippen LogP contribution in [0.3, 0.4) is 0 Å². The van der Waals surface area contributed by atoms with Crippen molar-refractivity contribution < 1.29 is 19.5 Å². The Morgan fingerprint density at radius 3 is 2.38 bits per heavy atom. The zero-order valence-electron chi connectivity index (χ0n) is 12.9. The number of amides is 2. The molecule has 0 saturated carbocycles. The first kappa shape index (κ1) is 17.4. The SMILES string of the molecule is CN(C)C(=O)CN1CCCN(C(=O)CCCC(=O)O)CC1. The number of carboxylic acid groups (broad SMARTS) is 1. The summed E-state index contributed by atoms with van der Waals surface area (Å²) >= 11 is 0. The van der Waals surface area contributed by atoms with Gasteiger partial charge in [-0.05, 0) is 12.8 Å². The van der Waals surface area contributed by atoms with Gasteiger partial charge in [0.2, 0.25) is 11.8 Å². The Hall–Kier alpha value is -1.63. The molecule has 0 aromatic heterocycles. The lowest BCUT2D eigenvalue weighted by atomic mass is 10.2. The minimum Gasteiger partial charge on any atom is -0.481 e. The normalized spacial score (nSPS) is 16.4. The van der Waals surface area contributed by atoms with E-state index in [1.807, 2.05) is 0 Å². The lowest BCUT2D eigenvalue weighted by Crippen LogP contribution is -2.39. The molecule has 7 nitrogen and oxygen atoms in total. The van der Waals surface area contributed by atoms with Crippen molar-refractivity contribution in [2.75, 3.05) is 46.8 Å². The van der Waals surface area contributed by atoms with Crippen LogP contribution in [0.5, 0.6) is 0 Å². The van der Waals surface area contributed by atoms with Gasteiger partial charge < -0.3 is 14.9 Å². The van der Waals surface area contributed by atoms with Crippen LogP contribution in [-0.2, 0) is 14.4 Å². The molecule has 120 valence electrons. The molecule has 7 heteroatoms. The molecule has 1 N–H and O–H groups in total. The average Bonchev–Trinajstić information content (AvgIpc) is 2.63. The van der Waals surface area contributed by atoms with E-state index >= 15 is 0 Å². The summed E-state index contributed by atoms with van der Waals surface area (Å²) in [4.78, 5) is 39.6. The zero-order chi connectivity index (χ0) is 15.8. The Labute approximate surface area is 125 Å². The molecule has 0 bridgehead atoms. The van der Waals surface area contributed by atoms with Crippen molar-refractivity contribution in [3.63, 3.8) is 0 Å². The highest BCUT2D eigenvalue weighted by molar-refractivity contribution is 5.78. The number of carbonyl (C=O) groups excluding carboxylic acids is 2. The van der Waals surface area contributed by atoms with Gasteiger partial charge in [-0.25, -0.2) is 0 Å². The summed E-state index contributed by atoms with van der Waals surface area (Å²) in [5, 5.41) is 8.58. The molecule has 2 amide bonds. The van der Waals surface area contributed by atoms with Crippen molar-refractivity contribution in [2.45, 2.75) is 25.7 Å². The van der Waals surface area contributed by atoms with Crippen molar-refractivity contribution in [2.24, 2.45) is 0 Å². The fourth-order valence-corrected chi connectivity index (χ4v) is 2.26. The maximum atomic E-state index is 12.0. The number of hydrogen-bond acceptors (Lipinski definition) is 4. The monoisotopic (exact) mass is 299 g/mol.